The number of nitrogens with one attached hydrogen (secondary N) is 2. The summed E-state index contributed by atoms with van der Waals surface area (Å²) in [7, 11) is 0. The molecule has 2 heterocycles. The molecule has 1 atom stereocenters. The molecule has 1 aliphatic rings. The number of aromatic amines is 1. The Morgan fingerprint density at radius 1 is 1.19 bits per heavy atom. The lowest BCUT2D eigenvalue weighted by Gasteiger charge is -2.33. The number of ether oxygens (including phenoxy) is 1. The molecule has 0 bridgehead atoms. The van der Waals surface area contributed by atoms with Gasteiger partial charge < -0.3 is 25.0 Å². The first-order valence-electron chi connectivity index (χ1n) is 10.8. The van der Waals surface area contributed by atoms with E-state index >= 15 is 0 Å². The van der Waals surface area contributed by atoms with Crippen molar-refractivity contribution in [1.29, 1.82) is 0 Å². The van der Waals surface area contributed by atoms with Crippen LogP contribution in [0.1, 0.15) is 18.4 Å². The minimum Gasteiger partial charge on any atom is -0.490 e. The van der Waals surface area contributed by atoms with E-state index in [9.17, 15) is 9.90 Å². The summed E-state index contributed by atoms with van der Waals surface area (Å²) in [5.74, 6) is 0.623. The van der Waals surface area contributed by atoms with Crippen LogP contribution in [0.2, 0.25) is 10.0 Å². The molecule has 170 valence electrons. The van der Waals surface area contributed by atoms with Crippen LogP contribution in [0.4, 0.5) is 0 Å². The van der Waals surface area contributed by atoms with Gasteiger partial charge in [-0.25, -0.2) is 0 Å². The van der Waals surface area contributed by atoms with Gasteiger partial charge in [-0.1, -0.05) is 41.4 Å². The number of aromatic nitrogens is 1. The predicted molar refractivity (Wildman–Crippen MR) is 128 cm³/mol. The van der Waals surface area contributed by atoms with Crippen LogP contribution in [0.15, 0.2) is 48.7 Å². The van der Waals surface area contributed by atoms with Gasteiger partial charge in [0.25, 0.3) is 0 Å². The second-order valence-corrected chi connectivity index (χ2v) is 9.00. The fraction of sp³-hybridized carbons (Fsp3) is 0.375. The zero-order chi connectivity index (χ0) is 22.5. The monoisotopic (exact) mass is 475 g/mol. The molecule has 32 heavy (non-hydrogen) atoms. The third-order valence-corrected chi connectivity index (χ3v) is 6.50. The molecule has 6 nitrogen and oxygen atoms in total. The molecule has 3 N–H and O–H groups in total. The van der Waals surface area contributed by atoms with Crippen molar-refractivity contribution in [3.63, 3.8) is 0 Å². The lowest BCUT2D eigenvalue weighted by atomic mass is 10.1. The zero-order valence-corrected chi connectivity index (χ0v) is 19.2. The van der Waals surface area contributed by atoms with E-state index in [2.05, 4.69) is 15.2 Å². The number of rotatable bonds is 8. The molecule has 0 unspecified atom stereocenters. The van der Waals surface area contributed by atoms with Gasteiger partial charge >= 0.3 is 0 Å². The first-order valence-corrected chi connectivity index (χ1v) is 11.6. The number of hydrogen-bond donors (Lipinski definition) is 3. The average molecular weight is 476 g/mol. The number of nitrogens with zero attached hydrogens (tertiary/aromatic N) is 1. The number of likely N-dealkylation sites (tertiary alicyclic amines) is 1. The molecule has 0 radical (unpaired) electrons. The van der Waals surface area contributed by atoms with Crippen LogP contribution in [-0.2, 0) is 11.2 Å². The van der Waals surface area contributed by atoms with E-state index in [1.54, 1.807) is 12.1 Å². The minimum atomic E-state index is -0.616. The molecule has 2 aromatic carbocycles. The number of aliphatic hydroxyl groups is 1. The fourth-order valence-electron chi connectivity index (χ4n) is 4.06. The summed E-state index contributed by atoms with van der Waals surface area (Å²) in [5.41, 5.74) is 1.97. The summed E-state index contributed by atoms with van der Waals surface area (Å²) < 4.78 is 6.01. The highest BCUT2D eigenvalue weighted by molar-refractivity contribution is 6.42. The van der Waals surface area contributed by atoms with Crippen LogP contribution in [-0.4, -0.2) is 59.3 Å². The van der Waals surface area contributed by atoms with Crippen molar-refractivity contribution in [3.8, 4) is 5.75 Å². The highest BCUT2D eigenvalue weighted by atomic mass is 35.5. The largest absolute Gasteiger partial charge is 0.490 e. The van der Waals surface area contributed by atoms with E-state index in [0.717, 1.165) is 48.1 Å². The van der Waals surface area contributed by atoms with Crippen molar-refractivity contribution in [2.75, 3.05) is 26.2 Å². The van der Waals surface area contributed by atoms with Gasteiger partial charge in [-0.15, -0.1) is 0 Å². The number of para-hydroxylation sites is 1. The predicted octanol–water partition coefficient (Wildman–Crippen LogP) is 4.04. The van der Waals surface area contributed by atoms with Crippen molar-refractivity contribution in [1.82, 2.24) is 15.2 Å². The Balaban J connectivity index is 1.17. The molecule has 1 fully saturated rings. The SMILES string of the molecule is O=C(Cc1c[nH]c2ccccc12)NC[C@@H](O)CN1CCC(Oc2ccc(Cl)c(Cl)c2)CC1. The Hall–Kier alpha value is -2.25. The van der Waals surface area contributed by atoms with Crippen molar-refractivity contribution >= 4 is 40.0 Å². The maximum absolute atomic E-state index is 12.3. The van der Waals surface area contributed by atoms with Crippen LogP contribution in [0, 0.1) is 0 Å². The smallest absolute Gasteiger partial charge is 0.224 e. The summed E-state index contributed by atoms with van der Waals surface area (Å²) in [4.78, 5) is 17.7. The lowest BCUT2D eigenvalue weighted by Crippen LogP contribution is -2.45. The molecule has 1 saturated heterocycles. The Bertz CT molecular complexity index is 1060. The van der Waals surface area contributed by atoms with Crippen LogP contribution >= 0.6 is 23.2 Å². The topological polar surface area (TPSA) is 77.6 Å². The maximum atomic E-state index is 12.3. The molecule has 3 aromatic rings. The van der Waals surface area contributed by atoms with Gasteiger partial charge in [-0.3, -0.25) is 4.79 Å². The van der Waals surface area contributed by atoms with E-state index in [1.807, 2.05) is 36.5 Å². The summed E-state index contributed by atoms with van der Waals surface area (Å²) in [6.45, 7) is 2.41. The first-order chi connectivity index (χ1) is 15.5. The molecule has 0 spiro atoms. The van der Waals surface area contributed by atoms with Crippen molar-refractivity contribution in [2.45, 2.75) is 31.5 Å². The highest BCUT2D eigenvalue weighted by Gasteiger charge is 2.22. The summed E-state index contributed by atoms with van der Waals surface area (Å²) in [5, 5.41) is 15.3. The number of carbonyl (C=O) groups is 1. The van der Waals surface area contributed by atoms with Crippen LogP contribution in [0.5, 0.6) is 5.75 Å². The minimum absolute atomic E-state index is 0.0949. The second-order valence-electron chi connectivity index (χ2n) is 8.19. The normalized spacial score (nSPS) is 16.2. The van der Waals surface area contributed by atoms with E-state index in [0.29, 0.717) is 16.6 Å². The van der Waals surface area contributed by atoms with Gasteiger partial charge in [-0.2, -0.15) is 0 Å². The first kappa shape index (κ1) is 22.9. The van der Waals surface area contributed by atoms with Crippen molar-refractivity contribution in [3.05, 3.63) is 64.3 Å². The average Bonchev–Trinajstić information content (AvgIpc) is 3.19. The number of β-amino-alcohol motifs (C(OH)–C–C–N with tert-alkyl or cyclic N) is 1. The number of fused-ring (bicyclic) bond motifs is 1. The third-order valence-electron chi connectivity index (χ3n) is 5.76. The molecule has 1 amide bonds. The van der Waals surface area contributed by atoms with Gasteiger partial charge in [0.15, 0.2) is 0 Å². The zero-order valence-electron chi connectivity index (χ0n) is 17.7. The van der Waals surface area contributed by atoms with Crippen LogP contribution < -0.4 is 10.1 Å². The fourth-order valence-corrected chi connectivity index (χ4v) is 4.35. The van der Waals surface area contributed by atoms with Gasteiger partial charge in [0.1, 0.15) is 11.9 Å². The Morgan fingerprint density at radius 2 is 1.97 bits per heavy atom. The van der Waals surface area contributed by atoms with Crippen LogP contribution in [0.25, 0.3) is 10.9 Å². The van der Waals surface area contributed by atoms with Crippen molar-refractivity contribution in [2.24, 2.45) is 0 Å². The summed E-state index contributed by atoms with van der Waals surface area (Å²) in [6.07, 6.45) is 3.37. The Morgan fingerprint density at radius 3 is 2.75 bits per heavy atom. The number of benzene rings is 2. The number of piperidine rings is 1. The standard InChI is InChI=1S/C24H27Cl2N3O3/c25-21-6-5-19(12-22(21)26)32-18-7-9-29(10-8-18)15-17(30)14-28-24(31)11-16-13-27-23-4-2-1-3-20(16)23/h1-6,12-13,17-18,27,30H,7-11,14-15H2,(H,28,31)/t17-/m1/s1. The highest BCUT2D eigenvalue weighted by Crippen LogP contribution is 2.28. The molecule has 0 aliphatic carbocycles. The van der Waals surface area contributed by atoms with Gasteiger partial charge in [0, 0.05) is 49.3 Å². The van der Waals surface area contributed by atoms with E-state index < -0.39 is 6.10 Å². The number of carbonyl (C=O) groups excluding carboxylic acids is 1. The number of amides is 1. The van der Waals surface area contributed by atoms with Gasteiger partial charge in [0.05, 0.1) is 22.6 Å². The van der Waals surface area contributed by atoms with E-state index in [-0.39, 0.29) is 25.0 Å². The number of aliphatic hydroxyl groups excluding tert-OH is 1. The summed E-state index contributed by atoms with van der Waals surface area (Å²) >= 11 is 12.0. The third kappa shape index (κ3) is 5.95. The molecule has 0 saturated carbocycles. The maximum Gasteiger partial charge on any atom is 0.224 e. The Kier molecular flexibility index (Phi) is 7.58. The lowest BCUT2D eigenvalue weighted by molar-refractivity contribution is -0.120. The quantitative estimate of drug-likeness (QED) is 0.459. The molecule has 1 aromatic heterocycles. The molecule has 1 aliphatic heterocycles. The van der Waals surface area contributed by atoms with Crippen LogP contribution in [0.3, 0.4) is 0 Å². The van der Waals surface area contributed by atoms with Crippen molar-refractivity contribution < 1.29 is 14.6 Å². The molecular formula is C24H27Cl2N3O3. The number of halogens is 2. The Labute approximate surface area is 197 Å². The van der Waals surface area contributed by atoms with Gasteiger partial charge in [-0.05, 0) is 36.6 Å². The van der Waals surface area contributed by atoms with E-state index in [4.69, 9.17) is 27.9 Å². The van der Waals surface area contributed by atoms with E-state index in [1.165, 1.54) is 0 Å². The second kappa shape index (κ2) is 10.6. The van der Waals surface area contributed by atoms with Gasteiger partial charge in [0.2, 0.25) is 5.91 Å². The summed E-state index contributed by atoms with van der Waals surface area (Å²) in [6, 6.07) is 13.2. The number of H-pyrrole nitrogens is 1. The molecule has 4 rings (SSSR count). The molecule has 8 heteroatoms. The number of hydrogen-bond acceptors (Lipinski definition) is 4. The molecular weight excluding hydrogens is 449 g/mol.